The average Bonchev–Trinajstić information content (AvgIpc) is 2.52. The van der Waals surface area contributed by atoms with Crippen LogP contribution in [-0.4, -0.2) is 13.1 Å². The number of carbonyl (C=O) groups excluding carboxylic acids is 1. The zero-order chi connectivity index (χ0) is 17.0. The quantitative estimate of drug-likeness (QED) is 0.771. The molecule has 0 N–H and O–H groups in total. The number of esters is 1. The first kappa shape index (κ1) is 17.1. The van der Waals surface area contributed by atoms with Crippen LogP contribution in [-0.2, 0) is 14.9 Å². The zero-order valence-electron chi connectivity index (χ0n) is 14.4. The maximum absolute atomic E-state index is 11.5. The number of ether oxygens (including phenoxy) is 2. The van der Waals surface area contributed by atoms with Crippen LogP contribution in [0.4, 0.5) is 0 Å². The lowest BCUT2D eigenvalue weighted by Crippen LogP contribution is -2.13. The molecule has 3 heteroatoms. The van der Waals surface area contributed by atoms with Crippen LogP contribution in [0, 0.1) is 0 Å². The maximum atomic E-state index is 11.5. The van der Waals surface area contributed by atoms with Gasteiger partial charge in [0.05, 0.1) is 7.11 Å². The van der Waals surface area contributed by atoms with Gasteiger partial charge in [-0.15, -0.1) is 0 Å². The highest BCUT2D eigenvalue weighted by atomic mass is 16.5. The van der Waals surface area contributed by atoms with E-state index >= 15 is 0 Å². The maximum Gasteiger partial charge on any atom is 0.303 e. The van der Waals surface area contributed by atoms with Gasteiger partial charge in [0.2, 0.25) is 0 Å². The first-order valence-electron chi connectivity index (χ1n) is 7.73. The van der Waals surface area contributed by atoms with E-state index in [2.05, 4.69) is 32.9 Å². The molecule has 2 rings (SSSR count). The van der Waals surface area contributed by atoms with Gasteiger partial charge in [0.1, 0.15) is 5.75 Å². The van der Waals surface area contributed by atoms with Crippen molar-refractivity contribution in [1.29, 1.82) is 0 Å². The van der Waals surface area contributed by atoms with Crippen LogP contribution in [0.3, 0.4) is 0 Å². The van der Waals surface area contributed by atoms with Crippen molar-refractivity contribution in [3.8, 4) is 5.75 Å². The summed E-state index contributed by atoms with van der Waals surface area (Å²) >= 11 is 0. The summed E-state index contributed by atoms with van der Waals surface area (Å²) in [5, 5.41) is 0. The van der Waals surface area contributed by atoms with E-state index in [9.17, 15) is 4.79 Å². The SMILES string of the molecule is COc1ccc([C@@H](OC(C)=O)c2ccc(C(C)(C)C)cc2)cc1. The Morgan fingerprint density at radius 1 is 0.913 bits per heavy atom. The fraction of sp³-hybridized carbons (Fsp3) is 0.350. The van der Waals surface area contributed by atoms with Crippen molar-refractivity contribution in [3.05, 3.63) is 65.2 Å². The van der Waals surface area contributed by atoms with Gasteiger partial charge in [-0.1, -0.05) is 57.2 Å². The topological polar surface area (TPSA) is 35.5 Å². The summed E-state index contributed by atoms with van der Waals surface area (Å²) < 4.78 is 10.7. The van der Waals surface area contributed by atoms with Crippen LogP contribution in [0.25, 0.3) is 0 Å². The molecule has 2 aromatic rings. The summed E-state index contributed by atoms with van der Waals surface area (Å²) in [4.78, 5) is 11.5. The van der Waals surface area contributed by atoms with Crippen molar-refractivity contribution >= 4 is 5.97 Å². The summed E-state index contributed by atoms with van der Waals surface area (Å²) in [6.45, 7) is 7.96. The molecule has 0 aromatic heterocycles. The van der Waals surface area contributed by atoms with Crippen LogP contribution in [0.5, 0.6) is 5.75 Å². The second-order valence-electron chi connectivity index (χ2n) is 6.63. The first-order valence-corrected chi connectivity index (χ1v) is 7.73. The third kappa shape index (κ3) is 4.35. The van der Waals surface area contributed by atoms with Crippen LogP contribution in [0.2, 0.25) is 0 Å². The molecule has 2 aromatic carbocycles. The molecule has 0 aliphatic rings. The Balaban J connectivity index is 2.35. The molecule has 0 bridgehead atoms. The molecule has 0 saturated heterocycles. The highest BCUT2D eigenvalue weighted by molar-refractivity contribution is 5.67. The summed E-state index contributed by atoms with van der Waals surface area (Å²) in [6, 6.07) is 15.8. The molecule has 0 spiro atoms. The van der Waals surface area contributed by atoms with Gasteiger partial charge in [-0.05, 0) is 34.2 Å². The van der Waals surface area contributed by atoms with Gasteiger partial charge in [-0.25, -0.2) is 0 Å². The molecule has 0 saturated carbocycles. The monoisotopic (exact) mass is 312 g/mol. The van der Waals surface area contributed by atoms with Crippen molar-refractivity contribution < 1.29 is 14.3 Å². The van der Waals surface area contributed by atoms with Crippen molar-refractivity contribution in [2.24, 2.45) is 0 Å². The number of benzene rings is 2. The minimum Gasteiger partial charge on any atom is -0.497 e. The minimum absolute atomic E-state index is 0.0928. The largest absolute Gasteiger partial charge is 0.497 e. The Bertz CT molecular complexity index is 649. The van der Waals surface area contributed by atoms with E-state index in [4.69, 9.17) is 9.47 Å². The first-order chi connectivity index (χ1) is 10.8. The van der Waals surface area contributed by atoms with Crippen LogP contribution < -0.4 is 4.74 Å². The normalized spacial score (nSPS) is 12.6. The van der Waals surface area contributed by atoms with Gasteiger partial charge in [-0.2, -0.15) is 0 Å². The van der Waals surface area contributed by atoms with E-state index in [1.165, 1.54) is 12.5 Å². The molecular formula is C20H24O3. The highest BCUT2D eigenvalue weighted by Crippen LogP contribution is 2.30. The van der Waals surface area contributed by atoms with Crippen molar-refractivity contribution in [2.45, 2.75) is 39.2 Å². The predicted octanol–water partition coefficient (Wildman–Crippen LogP) is 4.65. The van der Waals surface area contributed by atoms with E-state index < -0.39 is 6.10 Å². The standard InChI is InChI=1S/C20H24O3/c1-14(21)23-19(16-8-12-18(22-5)13-9-16)15-6-10-17(11-7-15)20(2,3)4/h6-13,19H,1-5H3/t19-/m0/s1. The highest BCUT2D eigenvalue weighted by Gasteiger charge is 2.19. The van der Waals surface area contributed by atoms with Crippen LogP contribution in [0.1, 0.15) is 50.5 Å². The van der Waals surface area contributed by atoms with Gasteiger partial charge in [0, 0.05) is 6.92 Å². The Labute approximate surface area is 138 Å². The fourth-order valence-corrected chi connectivity index (χ4v) is 2.43. The van der Waals surface area contributed by atoms with Crippen molar-refractivity contribution in [1.82, 2.24) is 0 Å². The van der Waals surface area contributed by atoms with Gasteiger partial charge in [0.15, 0.2) is 6.10 Å². The predicted molar refractivity (Wildman–Crippen MR) is 91.7 cm³/mol. The Morgan fingerprint density at radius 3 is 1.78 bits per heavy atom. The number of methoxy groups -OCH3 is 1. The van der Waals surface area contributed by atoms with Crippen LogP contribution in [0.15, 0.2) is 48.5 Å². The third-order valence-corrected chi connectivity index (χ3v) is 3.78. The number of carbonyl (C=O) groups is 1. The van der Waals surface area contributed by atoms with E-state index in [1.54, 1.807) is 7.11 Å². The summed E-state index contributed by atoms with van der Waals surface area (Å²) in [7, 11) is 1.63. The fourth-order valence-electron chi connectivity index (χ4n) is 2.43. The van der Waals surface area contributed by atoms with Gasteiger partial charge in [-0.3, -0.25) is 4.79 Å². The lowest BCUT2D eigenvalue weighted by Gasteiger charge is -2.22. The number of hydrogen-bond acceptors (Lipinski definition) is 3. The van der Waals surface area contributed by atoms with Gasteiger partial charge < -0.3 is 9.47 Å². The average molecular weight is 312 g/mol. The van der Waals surface area contributed by atoms with Gasteiger partial charge >= 0.3 is 5.97 Å². The molecule has 0 fully saturated rings. The smallest absolute Gasteiger partial charge is 0.303 e. The molecule has 0 aliphatic heterocycles. The molecule has 23 heavy (non-hydrogen) atoms. The molecule has 3 nitrogen and oxygen atoms in total. The van der Waals surface area contributed by atoms with Crippen LogP contribution >= 0.6 is 0 Å². The zero-order valence-corrected chi connectivity index (χ0v) is 14.4. The summed E-state index contributed by atoms with van der Waals surface area (Å²) in [6.07, 6.45) is -0.410. The summed E-state index contributed by atoms with van der Waals surface area (Å²) in [5.74, 6) is 0.476. The lowest BCUT2D eigenvalue weighted by molar-refractivity contribution is -0.144. The molecule has 0 aliphatic carbocycles. The van der Waals surface area contributed by atoms with Crippen molar-refractivity contribution in [2.75, 3.05) is 7.11 Å². The molecule has 0 heterocycles. The Kier molecular flexibility index (Phi) is 5.09. The number of rotatable bonds is 4. The molecular weight excluding hydrogens is 288 g/mol. The van der Waals surface area contributed by atoms with E-state index in [-0.39, 0.29) is 11.4 Å². The second kappa shape index (κ2) is 6.86. The van der Waals surface area contributed by atoms with Crippen molar-refractivity contribution in [3.63, 3.8) is 0 Å². The Morgan fingerprint density at radius 2 is 1.39 bits per heavy atom. The molecule has 0 amide bonds. The molecule has 122 valence electrons. The summed E-state index contributed by atoms with van der Waals surface area (Å²) in [5.41, 5.74) is 3.22. The molecule has 1 atom stereocenters. The Hall–Kier alpha value is -2.29. The number of hydrogen-bond donors (Lipinski definition) is 0. The van der Waals surface area contributed by atoms with E-state index in [1.807, 2.05) is 36.4 Å². The molecule has 0 unspecified atom stereocenters. The third-order valence-electron chi connectivity index (χ3n) is 3.78. The minimum atomic E-state index is -0.410. The second-order valence-corrected chi connectivity index (χ2v) is 6.63. The van der Waals surface area contributed by atoms with E-state index in [0.29, 0.717) is 0 Å². The van der Waals surface area contributed by atoms with Gasteiger partial charge in [0.25, 0.3) is 0 Å². The van der Waals surface area contributed by atoms with E-state index in [0.717, 1.165) is 16.9 Å². The lowest BCUT2D eigenvalue weighted by atomic mass is 9.86. The molecule has 0 radical (unpaired) electrons.